The molecular weight excluding hydrogens is 252 g/mol. The summed E-state index contributed by atoms with van der Waals surface area (Å²) in [5.41, 5.74) is 1.70. The summed E-state index contributed by atoms with van der Waals surface area (Å²) in [5, 5.41) is 0. The molecular formula is C17H24O3. The topological polar surface area (TPSA) is 39.4 Å². The molecule has 0 aliphatic carbocycles. The number of esters is 1. The molecule has 0 fully saturated rings. The fourth-order valence-corrected chi connectivity index (χ4v) is 1.93. The second kappa shape index (κ2) is 8.41. The van der Waals surface area contributed by atoms with Crippen molar-refractivity contribution in [3.8, 4) is 0 Å². The van der Waals surface area contributed by atoms with Crippen LogP contribution in [0.4, 0.5) is 0 Å². The molecule has 1 aromatic rings. The van der Waals surface area contributed by atoms with E-state index in [2.05, 4.69) is 26.5 Å². The van der Waals surface area contributed by atoms with E-state index in [1.165, 1.54) is 11.8 Å². The Hall–Kier alpha value is -1.77. The minimum Gasteiger partial charge on any atom is -0.468 e. The predicted molar refractivity (Wildman–Crippen MR) is 80.7 cm³/mol. The molecule has 1 atom stereocenters. The Morgan fingerprint density at radius 3 is 2.95 bits per heavy atom. The Kier molecular flexibility index (Phi) is 6.85. The van der Waals surface area contributed by atoms with E-state index < -0.39 is 0 Å². The Morgan fingerprint density at radius 2 is 2.30 bits per heavy atom. The van der Waals surface area contributed by atoms with Crippen molar-refractivity contribution in [2.75, 3.05) is 6.61 Å². The predicted octanol–water partition coefficient (Wildman–Crippen LogP) is 4.55. The quantitative estimate of drug-likeness (QED) is 0.516. The summed E-state index contributed by atoms with van der Waals surface area (Å²) in [4.78, 5) is 11.5. The van der Waals surface area contributed by atoms with Gasteiger partial charge in [0.15, 0.2) is 0 Å². The van der Waals surface area contributed by atoms with Crippen LogP contribution in [0.25, 0.3) is 0 Å². The van der Waals surface area contributed by atoms with E-state index in [0.717, 1.165) is 25.0 Å². The van der Waals surface area contributed by atoms with Crippen molar-refractivity contribution in [2.45, 2.75) is 40.0 Å². The monoisotopic (exact) mass is 276 g/mol. The molecule has 0 aliphatic rings. The van der Waals surface area contributed by atoms with Crippen molar-refractivity contribution < 1.29 is 13.9 Å². The average Bonchev–Trinajstić information content (AvgIpc) is 2.87. The maximum atomic E-state index is 11.5. The van der Waals surface area contributed by atoms with E-state index in [9.17, 15) is 4.79 Å². The third kappa shape index (κ3) is 5.47. The summed E-state index contributed by atoms with van der Waals surface area (Å²) in [7, 11) is 0. The van der Waals surface area contributed by atoms with Gasteiger partial charge in [-0.25, -0.2) is 4.79 Å². The number of carbonyl (C=O) groups excluding carboxylic acids is 1. The number of ether oxygens (including phenoxy) is 1. The molecule has 110 valence electrons. The zero-order valence-electron chi connectivity index (χ0n) is 12.6. The van der Waals surface area contributed by atoms with E-state index >= 15 is 0 Å². The van der Waals surface area contributed by atoms with Gasteiger partial charge in [-0.2, -0.15) is 0 Å². The van der Waals surface area contributed by atoms with Crippen molar-refractivity contribution in [3.05, 3.63) is 48.0 Å². The first-order chi connectivity index (χ1) is 9.56. The number of allylic oxidation sites excluding steroid dienone is 3. The Bertz CT molecular complexity index is 468. The number of rotatable bonds is 8. The summed E-state index contributed by atoms with van der Waals surface area (Å²) >= 11 is 0. The molecule has 0 saturated carbocycles. The lowest BCUT2D eigenvalue weighted by Gasteiger charge is -2.07. The maximum Gasteiger partial charge on any atom is 0.341 e. The molecule has 0 spiro atoms. The Morgan fingerprint density at radius 1 is 1.55 bits per heavy atom. The lowest BCUT2D eigenvalue weighted by molar-refractivity contribution is 0.0525. The minimum absolute atomic E-state index is 0.320. The standard InChI is InChI=1S/C17H24O3/c1-5-13(3)8-7-9-14(4)10-16-11-15(12-20-16)17(18)19-6-2/h5,8,11-12,14H,1,6-7,9-10H2,2-4H3. The number of furan rings is 1. The van der Waals surface area contributed by atoms with Gasteiger partial charge in [-0.15, -0.1) is 0 Å². The van der Waals surface area contributed by atoms with Gasteiger partial charge in [0, 0.05) is 6.42 Å². The first-order valence-corrected chi connectivity index (χ1v) is 7.10. The molecule has 1 rings (SSSR count). The molecule has 3 nitrogen and oxygen atoms in total. The molecule has 0 aromatic carbocycles. The largest absolute Gasteiger partial charge is 0.468 e. The van der Waals surface area contributed by atoms with Gasteiger partial charge in [-0.05, 0) is 38.7 Å². The summed E-state index contributed by atoms with van der Waals surface area (Å²) in [6, 6.07) is 1.78. The van der Waals surface area contributed by atoms with Crippen LogP contribution in [0.1, 0.15) is 49.7 Å². The molecule has 0 saturated heterocycles. The van der Waals surface area contributed by atoms with Gasteiger partial charge in [0.2, 0.25) is 0 Å². The van der Waals surface area contributed by atoms with Crippen LogP contribution in [0.15, 0.2) is 41.1 Å². The molecule has 20 heavy (non-hydrogen) atoms. The molecule has 1 unspecified atom stereocenters. The van der Waals surface area contributed by atoms with Crippen molar-refractivity contribution in [2.24, 2.45) is 5.92 Å². The van der Waals surface area contributed by atoms with Crippen LogP contribution >= 0.6 is 0 Å². The van der Waals surface area contributed by atoms with Crippen LogP contribution in [0.5, 0.6) is 0 Å². The fraction of sp³-hybridized carbons (Fsp3) is 0.471. The first kappa shape index (κ1) is 16.3. The first-order valence-electron chi connectivity index (χ1n) is 7.10. The molecule has 0 bridgehead atoms. The van der Waals surface area contributed by atoms with Crippen molar-refractivity contribution in [1.82, 2.24) is 0 Å². The van der Waals surface area contributed by atoms with Crippen LogP contribution in [0.2, 0.25) is 0 Å². The molecule has 0 radical (unpaired) electrons. The van der Waals surface area contributed by atoms with Crippen LogP contribution in [0.3, 0.4) is 0 Å². The molecule has 0 aliphatic heterocycles. The van der Waals surface area contributed by atoms with E-state index in [1.807, 2.05) is 6.08 Å². The van der Waals surface area contributed by atoms with Crippen LogP contribution in [-0.2, 0) is 11.2 Å². The summed E-state index contributed by atoms with van der Waals surface area (Å²) in [5.74, 6) is 1.02. The van der Waals surface area contributed by atoms with E-state index in [-0.39, 0.29) is 5.97 Å². The lowest BCUT2D eigenvalue weighted by atomic mass is 9.99. The minimum atomic E-state index is -0.320. The van der Waals surface area contributed by atoms with Crippen molar-refractivity contribution in [3.63, 3.8) is 0 Å². The summed E-state index contributed by atoms with van der Waals surface area (Å²) < 4.78 is 10.4. The van der Waals surface area contributed by atoms with Crippen molar-refractivity contribution >= 4 is 5.97 Å². The number of carbonyl (C=O) groups is 1. The third-order valence-corrected chi connectivity index (χ3v) is 3.16. The van der Waals surface area contributed by atoms with Gasteiger partial charge >= 0.3 is 5.97 Å². The van der Waals surface area contributed by atoms with Gasteiger partial charge in [0.05, 0.1) is 12.2 Å². The summed E-state index contributed by atoms with van der Waals surface area (Å²) in [6.07, 6.45) is 8.48. The van der Waals surface area contributed by atoms with Gasteiger partial charge in [0.25, 0.3) is 0 Å². The van der Waals surface area contributed by atoms with Crippen LogP contribution in [-0.4, -0.2) is 12.6 Å². The smallest absolute Gasteiger partial charge is 0.341 e. The molecule has 0 N–H and O–H groups in total. The highest BCUT2D eigenvalue weighted by atomic mass is 16.5. The summed E-state index contributed by atoms with van der Waals surface area (Å²) in [6.45, 7) is 10.1. The molecule has 1 heterocycles. The van der Waals surface area contributed by atoms with Gasteiger partial charge in [0.1, 0.15) is 12.0 Å². The lowest BCUT2D eigenvalue weighted by Crippen LogP contribution is -2.03. The molecule has 1 aromatic heterocycles. The fourth-order valence-electron chi connectivity index (χ4n) is 1.93. The second-order valence-electron chi connectivity index (χ2n) is 5.06. The molecule has 0 amide bonds. The zero-order valence-corrected chi connectivity index (χ0v) is 12.6. The maximum absolute atomic E-state index is 11.5. The van der Waals surface area contributed by atoms with Crippen LogP contribution in [0, 0.1) is 5.92 Å². The Balaban J connectivity index is 2.44. The normalized spacial score (nSPS) is 13.1. The number of hydrogen-bond donors (Lipinski definition) is 0. The van der Waals surface area contributed by atoms with Crippen LogP contribution < -0.4 is 0 Å². The van der Waals surface area contributed by atoms with E-state index in [0.29, 0.717) is 18.1 Å². The van der Waals surface area contributed by atoms with E-state index in [4.69, 9.17) is 9.15 Å². The van der Waals surface area contributed by atoms with Gasteiger partial charge in [-0.3, -0.25) is 0 Å². The third-order valence-electron chi connectivity index (χ3n) is 3.16. The highest BCUT2D eigenvalue weighted by Gasteiger charge is 2.12. The zero-order chi connectivity index (χ0) is 15.0. The molecule has 3 heteroatoms. The SMILES string of the molecule is C=CC(C)=CCCC(C)Cc1cc(C(=O)OCC)co1. The van der Waals surface area contributed by atoms with Crippen molar-refractivity contribution in [1.29, 1.82) is 0 Å². The Labute approximate surface area is 121 Å². The van der Waals surface area contributed by atoms with Gasteiger partial charge in [-0.1, -0.05) is 31.2 Å². The van der Waals surface area contributed by atoms with Gasteiger partial charge < -0.3 is 9.15 Å². The highest BCUT2D eigenvalue weighted by molar-refractivity contribution is 5.89. The van der Waals surface area contributed by atoms with E-state index in [1.54, 1.807) is 13.0 Å². The average molecular weight is 276 g/mol. The second-order valence-corrected chi connectivity index (χ2v) is 5.06. The number of hydrogen-bond acceptors (Lipinski definition) is 3. The highest BCUT2D eigenvalue weighted by Crippen LogP contribution is 2.17.